The van der Waals surface area contributed by atoms with Gasteiger partial charge in [0.15, 0.2) is 6.61 Å². The SMILES string of the molecule is CC(C)NC(=O)Nc1cccc(-c2noc(COc3ccc(F)cc3)n2)c1. The Balaban J connectivity index is 1.64. The number of hydrogen-bond donors (Lipinski definition) is 2. The minimum Gasteiger partial charge on any atom is -0.484 e. The quantitative estimate of drug-likeness (QED) is 0.685. The highest BCUT2D eigenvalue weighted by Gasteiger charge is 2.11. The number of anilines is 1. The van der Waals surface area contributed by atoms with Gasteiger partial charge >= 0.3 is 6.03 Å². The zero-order chi connectivity index (χ0) is 19.2. The Hall–Kier alpha value is -3.42. The Kier molecular flexibility index (Phi) is 5.65. The summed E-state index contributed by atoms with van der Waals surface area (Å²) in [5.41, 5.74) is 1.30. The molecule has 1 aromatic heterocycles. The summed E-state index contributed by atoms with van der Waals surface area (Å²) in [5.74, 6) is 0.822. The maximum atomic E-state index is 12.9. The zero-order valence-corrected chi connectivity index (χ0v) is 14.9. The van der Waals surface area contributed by atoms with Crippen LogP contribution in [0, 0.1) is 5.82 Å². The second-order valence-corrected chi connectivity index (χ2v) is 6.09. The maximum absolute atomic E-state index is 12.9. The predicted molar refractivity (Wildman–Crippen MR) is 97.8 cm³/mol. The minimum atomic E-state index is -0.335. The van der Waals surface area contributed by atoms with Gasteiger partial charge in [-0.25, -0.2) is 9.18 Å². The van der Waals surface area contributed by atoms with Crippen LogP contribution in [-0.2, 0) is 6.61 Å². The third-order valence-electron chi connectivity index (χ3n) is 3.44. The van der Waals surface area contributed by atoms with Crippen molar-refractivity contribution < 1.29 is 18.4 Å². The van der Waals surface area contributed by atoms with Crippen LogP contribution in [0.15, 0.2) is 53.1 Å². The lowest BCUT2D eigenvalue weighted by Crippen LogP contribution is -2.34. The van der Waals surface area contributed by atoms with Crippen LogP contribution in [0.2, 0.25) is 0 Å². The van der Waals surface area contributed by atoms with Crippen molar-refractivity contribution in [3.63, 3.8) is 0 Å². The predicted octanol–water partition coefficient (Wildman–Crippen LogP) is 3.98. The summed E-state index contributed by atoms with van der Waals surface area (Å²) < 4.78 is 23.5. The molecule has 0 saturated carbocycles. The molecule has 3 rings (SSSR count). The van der Waals surface area contributed by atoms with Crippen LogP contribution in [0.1, 0.15) is 19.7 Å². The number of halogens is 1. The summed E-state index contributed by atoms with van der Waals surface area (Å²) in [5, 5.41) is 9.43. The topological polar surface area (TPSA) is 89.3 Å². The number of carbonyl (C=O) groups excluding carboxylic acids is 1. The van der Waals surface area contributed by atoms with Crippen molar-refractivity contribution in [1.82, 2.24) is 15.5 Å². The summed E-state index contributed by atoms with van der Waals surface area (Å²) >= 11 is 0. The number of aromatic nitrogens is 2. The standard InChI is InChI=1S/C19H19FN4O3/c1-12(2)21-19(25)22-15-5-3-4-13(10-15)18-23-17(27-24-18)11-26-16-8-6-14(20)7-9-16/h3-10,12H,11H2,1-2H3,(H2,21,22,25). The summed E-state index contributed by atoms with van der Waals surface area (Å²) in [7, 11) is 0. The second-order valence-electron chi connectivity index (χ2n) is 6.09. The Morgan fingerprint density at radius 1 is 1.22 bits per heavy atom. The smallest absolute Gasteiger partial charge is 0.319 e. The average Bonchev–Trinajstić information content (AvgIpc) is 3.10. The van der Waals surface area contributed by atoms with E-state index < -0.39 is 0 Å². The zero-order valence-electron chi connectivity index (χ0n) is 14.9. The Labute approximate surface area is 155 Å². The van der Waals surface area contributed by atoms with E-state index in [0.29, 0.717) is 22.8 Å². The maximum Gasteiger partial charge on any atom is 0.319 e. The van der Waals surface area contributed by atoms with Crippen LogP contribution in [0.5, 0.6) is 5.75 Å². The van der Waals surface area contributed by atoms with Crippen molar-refractivity contribution in [2.45, 2.75) is 26.5 Å². The Morgan fingerprint density at radius 2 is 2.00 bits per heavy atom. The van der Waals surface area contributed by atoms with E-state index in [4.69, 9.17) is 9.26 Å². The van der Waals surface area contributed by atoms with E-state index in [2.05, 4.69) is 20.8 Å². The number of nitrogens with one attached hydrogen (secondary N) is 2. The molecule has 3 aromatic rings. The van der Waals surface area contributed by atoms with E-state index >= 15 is 0 Å². The van der Waals surface area contributed by atoms with Gasteiger partial charge in [-0.05, 0) is 50.2 Å². The summed E-state index contributed by atoms with van der Waals surface area (Å²) in [6, 6.07) is 12.5. The first-order valence-electron chi connectivity index (χ1n) is 8.38. The Bertz CT molecular complexity index is 909. The average molecular weight is 370 g/mol. The van der Waals surface area contributed by atoms with Crippen molar-refractivity contribution >= 4 is 11.7 Å². The largest absolute Gasteiger partial charge is 0.484 e. The summed E-state index contributed by atoms with van der Waals surface area (Å²) in [6.45, 7) is 3.82. The third kappa shape index (κ3) is 5.27. The number of amides is 2. The van der Waals surface area contributed by atoms with Gasteiger partial charge in [-0.1, -0.05) is 17.3 Å². The number of hydrogen-bond acceptors (Lipinski definition) is 5. The summed E-state index contributed by atoms with van der Waals surface area (Å²) in [4.78, 5) is 16.1. The van der Waals surface area contributed by atoms with Gasteiger partial charge in [0.1, 0.15) is 11.6 Å². The van der Waals surface area contributed by atoms with Gasteiger partial charge in [0.25, 0.3) is 5.89 Å². The monoisotopic (exact) mass is 370 g/mol. The lowest BCUT2D eigenvalue weighted by molar-refractivity contribution is 0.242. The number of ether oxygens (including phenoxy) is 1. The first-order chi connectivity index (χ1) is 13.0. The van der Waals surface area contributed by atoms with Gasteiger partial charge in [0.2, 0.25) is 5.82 Å². The van der Waals surface area contributed by atoms with Crippen LogP contribution < -0.4 is 15.4 Å². The summed E-state index contributed by atoms with van der Waals surface area (Å²) in [6.07, 6.45) is 0. The van der Waals surface area contributed by atoms with E-state index in [0.717, 1.165) is 0 Å². The fraction of sp³-hybridized carbons (Fsp3) is 0.211. The molecule has 0 aliphatic rings. The van der Waals surface area contributed by atoms with Gasteiger partial charge in [0, 0.05) is 17.3 Å². The van der Waals surface area contributed by atoms with Gasteiger partial charge in [0.05, 0.1) is 0 Å². The molecular formula is C19H19FN4O3. The molecule has 2 N–H and O–H groups in total. The fourth-order valence-electron chi connectivity index (χ4n) is 2.27. The van der Waals surface area contributed by atoms with Gasteiger partial charge < -0.3 is 19.9 Å². The third-order valence-corrected chi connectivity index (χ3v) is 3.44. The van der Waals surface area contributed by atoms with E-state index in [1.165, 1.54) is 24.3 Å². The van der Waals surface area contributed by atoms with Gasteiger partial charge in [-0.2, -0.15) is 4.98 Å². The van der Waals surface area contributed by atoms with Crippen LogP contribution in [0.25, 0.3) is 11.4 Å². The number of nitrogens with zero attached hydrogens (tertiary/aromatic N) is 2. The second kappa shape index (κ2) is 8.31. The van der Waals surface area contributed by atoms with Crippen molar-refractivity contribution in [2.24, 2.45) is 0 Å². The number of benzene rings is 2. The minimum absolute atomic E-state index is 0.0362. The lowest BCUT2D eigenvalue weighted by atomic mass is 10.2. The van der Waals surface area contributed by atoms with Crippen molar-refractivity contribution in [1.29, 1.82) is 0 Å². The molecule has 0 radical (unpaired) electrons. The first-order valence-corrected chi connectivity index (χ1v) is 8.38. The van der Waals surface area contributed by atoms with Gasteiger partial charge in [-0.15, -0.1) is 0 Å². The van der Waals surface area contributed by atoms with Crippen LogP contribution in [-0.4, -0.2) is 22.2 Å². The van der Waals surface area contributed by atoms with E-state index in [-0.39, 0.29) is 30.4 Å². The highest BCUT2D eigenvalue weighted by Crippen LogP contribution is 2.21. The molecule has 0 bridgehead atoms. The van der Waals surface area contributed by atoms with E-state index in [1.807, 2.05) is 13.8 Å². The lowest BCUT2D eigenvalue weighted by Gasteiger charge is -2.10. The van der Waals surface area contributed by atoms with Crippen molar-refractivity contribution in [2.75, 3.05) is 5.32 Å². The molecule has 140 valence electrons. The molecule has 0 aliphatic carbocycles. The fourth-order valence-corrected chi connectivity index (χ4v) is 2.27. The van der Waals surface area contributed by atoms with Crippen molar-refractivity contribution in [3.05, 3.63) is 60.2 Å². The molecular weight excluding hydrogens is 351 g/mol. The molecule has 1 heterocycles. The normalized spacial score (nSPS) is 10.7. The molecule has 0 spiro atoms. The van der Waals surface area contributed by atoms with E-state index in [1.54, 1.807) is 24.3 Å². The Morgan fingerprint density at radius 3 is 2.74 bits per heavy atom. The van der Waals surface area contributed by atoms with Crippen LogP contribution >= 0.6 is 0 Å². The molecule has 2 aromatic carbocycles. The number of carbonyl (C=O) groups is 1. The molecule has 27 heavy (non-hydrogen) atoms. The van der Waals surface area contributed by atoms with Crippen LogP contribution in [0.3, 0.4) is 0 Å². The molecule has 0 fully saturated rings. The molecule has 0 saturated heterocycles. The molecule has 7 nitrogen and oxygen atoms in total. The van der Waals surface area contributed by atoms with Gasteiger partial charge in [-0.3, -0.25) is 0 Å². The number of urea groups is 1. The van der Waals surface area contributed by atoms with Crippen molar-refractivity contribution in [3.8, 4) is 17.1 Å². The molecule has 0 unspecified atom stereocenters. The molecule has 2 amide bonds. The highest BCUT2D eigenvalue weighted by atomic mass is 19.1. The highest BCUT2D eigenvalue weighted by molar-refractivity contribution is 5.90. The number of rotatable bonds is 6. The molecule has 8 heteroatoms. The molecule has 0 atom stereocenters. The first kappa shape index (κ1) is 18.4. The molecule has 0 aliphatic heterocycles. The van der Waals surface area contributed by atoms with E-state index in [9.17, 15) is 9.18 Å². The van der Waals surface area contributed by atoms with Crippen LogP contribution in [0.4, 0.5) is 14.9 Å².